The smallest absolute Gasteiger partial charge is 0.203 e. The molecule has 0 aromatic carbocycles. The monoisotopic (exact) mass is 257 g/mol. The van der Waals surface area contributed by atoms with E-state index in [2.05, 4.69) is 56.2 Å². The topological polar surface area (TPSA) is 47.0 Å². The van der Waals surface area contributed by atoms with Crippen LogP contribution in [0.3, 0.4) is 0 Å². The van der Waals surface area contributed by atoms with E-state index in [1.54, 1.807) is 7.11 Å². The third-order valence-electron chi connectivity index (χ3n) is 2.18. The van der Waals surface area contributed by atoms with E-state index in [0.717, 1.165) is 11.0 Å². The summed E-state index contributed by atoms with van der Waals surface area (Å²) in [7, 11) is 1.70. The maximum Gasteiger partial charge on any atom is 0.203 e. The summed E-state index contributed by atoms with van der Waals surface area (Å²) in [4.78, 5) is 4.50. The van der Waals surface area contributed by atoms with Gasteiger partial charge in [0.2, 0.25) is 5.13 Å². The Morgan fingerprint density at radius 3 is 2.18 bits per heavy atom. The lowest BCUT2D eigenvalue weighted by atomic mass is 9.88. The van der Waals surface area contributed by atoms with Crippen LogP contribution in [0, 0.1) is 5.41 Å². The summed E-state index contributed by atoms with van der Waals surface area (Å²) in [5.41, 5.74) is -0.00404. The van der Waals surface area contributed by atoms with Crippen molar-refractivity contribution in [1.29, 1.82) is 0 Å². The van der Waals surface area contributed by atoms with Crippen molar-refractivity contribution in [2.45, 2.75) is 53.2 Å². The Labute approximate surface area is 108 Å². The molecule has 0 aliphatic carbocycles. The number of nitrogens with zero attached hydrogens (tertiary/aromatic N) is 2. The van der Waals surface area contributed by atoms with Crippen LogP contribution in [0.1, 0.15) is 53.5 Å². The zero-order chi connectivity index (χ0) is 13.3. The van der Waals surface area contributed by atoms with Crippen LogP contribution < -0.4 is 5.32 Å². The molecule has 0 spiro atoms. The minimum Gasteiger partial charge on any atom is -0.373 e. The Hall–Kier alpha value is -0.680. The normalized spacial score (nSPS) is 14.8. The van der Waals surface area contributed by atoms with Crippen LogP contribution >= 0.6 is 11.5 Å². The predicted octanol–water partition coefficient (Wildman–Crippen LogP) is 3.48. The van der Waals surface area contributed by atoms with E-state index in [4.69, 9.17) is 4.74 Å². The molecule has 1 N–H and O–H groups in total. The highest BCUT2D eigenvalue weighted by atomic mass is 32.1. The number of hydrogen-bond donors (Lipinski definition) is 1. The lowest BCUT2D eigenvalue weighted by Crippen LogP contribution is -2.26. The zero-order valence-electron chi connectivity index (χ0n) is 11.8. The van der Waals surface area contributed by atoms with E-state index in [0.29, 0.717) is 0 Å². The van der Waals surface area contributed by atoms with Gasteiger partial charge in [-0.2, -0.15) is 4.37 Å². The molecule has 0 radical (unpaired) electrons. The molecule has 1 heterocycles. The molecular weight excluding hydrogens is 234 g/mol. The van der Waals surface area contributed by atoms with Gasteiger partial charge in [0.15, 0.2) is 5.82 Å². The molecule has 17 heavy (non-hydrogen) atoms. The van der Waals surface area contributed by atoms with Gasteiger partial charge in [-0.25, -0.2) is 4.98 Å². The fourth-order valence-electron chi connectivity index (χ4n) is 1.56. The van der Waals surface area contributed by atoms with Crippen molar-refractivity contribution in [2.24, 2.45) is 5.41 Å². The second-order valence-corrected chi connectivity index (χ2v) is 7.07. The van der Waals surface area contributed by atoms with E-state index in [1.165, 1.54) is 11.5 Å². The Balaban J connectivity index is 2.87. The van der Waals surface area contributed by atoms with Crippen molar-refractivity contribution in [3.8, 4) is 0 Å². The van der Waals surface area contributed by atoms with Crippen molar-refractivity contribution in [3.63, 3.8) is 0 Å². The molecule has 0 aliphatic heterocycles. The molecule has 0 aliphatic rings. The molecule has 1 aromatic rings. The second-order valence-electron chi connectivity index (χ2n) is 6.31. The average molecular weight is 257 g/mol. The maximum atomic E-state index is 5.50. The maximum absolute atomic E-state index is 5.50. The molecule has 0 amide bonds. The fraction of sp³-hybridized carbons (Fsp3) is 0.833. The number of ether oxygens (including phenoxy) is 1. The quantitative estimate of drug-likeness (QED) is 0.900. The molecule has 0 bridgehead atoms. The van der Waals surface area contributed by atoms with E-state index in [9.17, 15) is 0 Å². The van der Waals surface area contributed by atoms with Crippen LogP contribution in [-0.2, 0) is 4.74 Å². The summed E-state index contributed by atoms with van der Waals surface area (Å²) in [5, 5.41) is 4.17. The summed E-state index contributed by atoms with van der Waals surface area (Å²) < 4.78 is 9.88. The first-order chi connectivity index (χ1) is 7.63. The fourth-order valence-corrected chi connectivity index (χ4v) is 2.36. The third-order valence-corrected chi connectivity index (χ3v) is 2.83. The molecule has 1 aromatic heterocycles. The number of methoxy groups -OCH3 is 1. The van der Waals surface area contributed by atoms with Crippen LogP contribution in [-0.4, -0.2) is 22.0 Å². The van der Waals surface area contributed by atoms with Crippen LogP contribution in [0.25, 0.3) is 0 Å². The predicted molar refractivity (Wildman–Crippen MR) is 72.5 cm³/mol. The number of nitrogens with one attached hydrogen (secondary N) is 1. The standard InChI is InChI=1S/C12H23N3OS/c1-11(2,3)8(16-7)9-13-10(17-15-9)14-12(4,5)6/h8H,1-7H3,(H,13,14,15). The van der Waals surface area contributed by atoms with Crippen LogP contribution in [0.2, 0.25) is 0 Å². The molecule has 1 atom stereocenters. The summed E-state index contributed by atoms with van der Waals surface area (Å²) in [5.74, 6) is 0.761. The molecule has 0 fully saturated rings. The van der Waals surface area contributed by atoms with Crippen LogP contribution in [0.5, 0.6) is 0 Å². The van der Waals surface area contributed by atoms with Crippen LogP contribution in [0.4, 0.5) is 5.13 Å². The second kappa shape index (κ2) is 4.90. The van der Waals surface area contributed by atoms with Gasteiger partial charge in [0.25, 0.3) is 0 Å². The first kappa shape index (κ1) is 14.4. The molecule has 98 valence electrons. The van der Waals surface area contributed by atoms with Gasteiger partial charge in [-0.3, -0.25) is 0 Å². The summed E-state index contributed by atoms with van der Waals surface area (Å²) in [6.45, 7) is 12.7. The number of anilines is 1. The van der Waals surface area contributed by atoms with Gasteiger partial charge >= 0.3 is 0 Å². The van der Waals surface area contributed by atoms with Crippen LogP contribution in [0.15, 0.2) is 0 Å². The Bertz CT molecular complexity index is 363. The lowest BCUT2D eigenvalue weighted by Gasteiger charge is -2.26. The molecule has 1 rings (SSSR count). The van der Waals surface area contributed by atoms with Crippen molar-refractivity contribution < 1.29 is 4.74 Å². The zero-order valence-corrected chi connectivity index (χ0v) is 12.6. The van der Waals surface area contributed by atoms with Gasteiger partial charge < -0.3 is 10.1 Å². The van der Waals surface area contributed by atoms with Gasteiger partial charge in [0, 0.05) is 24.2 Å². The Kier molecular flexibility index (Phi) is 4.15. The highest BCUT2D eigenvalue weighted by Crippen LogP contribution is 2.35. The first-order valence-corrected chi connectivity index (χ1v) is 6.55. The summed E-state index contributed by atoms with van der Waals surface area (Å²) in [6, 6.07) is 0. The van der Waals surface area contributed by atoms with E-state index < -0.39 is 0 Å². The van der Waals surface area contributed by atoms with E-state index >= 15 is 0 Å². The minimum absolute atomic E-state index is 0.00110. The van der Waals surface area contributed by atoms with Crippen molar-refractivity contribution in [1.82, 2.24) is 9.36 Å². The Morgan fingerprint density at radius 2 is 1.76 bits per heavy atom. The minimum atomic E-state index is -0.0748. The summed E-state index contributed by atoms with van der Waals surface area (Å²) in [6.07, 6.45) is -0.0748. The molecule has 0 saturated heterocycles. The van der Waals surface area contributed by atoms with Gasteiger partial charge in [-0.1, -0.05) is 20.8 Å². The lowest BCUT2D eigenvalue weighted by molar-refractivity contribution is 0.00959. The Morgan fingerprint density at radius 1 is 1.18 bits per heavy atom. The average Bonchev–Trinajstić information content (AvgIpc) is 2.48. The van der Waals surface area contributed by atoms with Crippen molar-refractivity contribution >= 4 is 16.7 Å². The summed E-state index contributed by atoms with van der Waals surface area (Å²) >= 11 is 1.38. The number of aromatic nitrogens is 2. The number of hydrogen-bond acceptors (Lipinski definition) is 5. The highest BCUT2D eigenvalue weighted by molar-refractivity contribution is 7.09. The van der Waals surface area contributed by atoms with Crippen molar-refractivity contribution in [3.05, 3.63) is 5.82 Å². The van der Waals surface area contributed by atoms with Gasteiger partial charge in [0.1, 0.15) is 6.10 Å². The molecule has 0 saturated carbocycles. The molecule has 4 nitrogen and oxygen atoms in total. The largest absolute Gasteiger partial charge is 0.373 e. The van der Waals surface area contributed by atoms with Gasteiger partial charge in [-0.05, 0) is 26.2 Å². The van der Waals surface area contributed by atoms with E-state index in [1.807, 2.05) is 0 Å². The number of rotatable bonds is 3. The first-order valence-electron chi connectivity index (χ1n) is 5.78. The highest BCUT2D eigenvalue weighted by Gasteiger charge is 2.30. The van der Waals surface area contributed by atoms with Crippen molar-refractivity contribution in [2.75, 3.05) is 12.4 Å². The van der Waals surface area contributed by atoms with Gasteiger partial charge in [0.05, 0.1) is 0 Å². The molecule has 5 heteroatoms. The third kappa shape index (κ3) is 4.24. The SMILES string of the molecule is COC(c1nsc(NC(C)(C)C)n1)C(C)(C)C. The molecule has 1 unspecified atom stereocenters. The van der Waals surface area contributed by atoms with Gasteiger partial charge in [-0.15, -0.1) is 0 Å². The van der Waals surface area contributed by atoms with E-state index in [-0.39, 0.29) is 17.1 Å². The molecular formula is C12H23N3OS.